The Morgan fingerprint density at radius 1 is 1.00 bits per heavy atom. The summed E-state index contributed by atoms with van der Waals surface area (Å²) in [6.07, 6.45) is 5.06. The van der Waals surface area contributed by atoms with Crippen LogP contribution in [0.5, 0.6) is 5.75 Å². The molecule has 0 saturated heterocycles. The molecule has 5 nitrogen and oxygen atoms in total. The highest BCUT2D eigenvalue weighted by Gasteiger charge is 2.15. The summed E-state index contributed by atoms with van der Waals surface area (Å²) in [5, 5.41) is 4.43. The summed E-state index contributed by atoms with van der Waals surface area (Å²) < 4.78 is 7.89. The molecule has 2 radical (unpaired) electrons. The summed E-state index contributed by atoms with van der Waals surface area (Å²) >= 11 is 0. The fraction of sp³-hybridized carbons (Fsp3) is 0.217. The number of aromatic nitrogens is 3. The number of hydrogen-bond donors (Lipinski definition) is 1. The van der Waals surface area contributed by atoms with Crippen LogP contribution in [0, 0.1) is 0 Å². The molecule has 0 aliphatic carbocycles. The van der Waals surface area contributed by atoms with E-state index in [4.69, 9.17) is 18.3 Å². The molecule has 2 N–H and O–H groups in total. The van der Waals surface area contributed by atoms with Crippen LogP contribution >= 0.6 is 0 Å². The predicted octanol–water partition coefficient (Wildman–Crippen LogP) is 4.47. The molecular weight excluding hydrogens is 359 g/mol. The van der Waals surface area contributed by atoms with E-state index in [0.29, 0.717) is 18.7 Å². The number of rotatable bonds is 8. The second-order valence-electron chi connectivity index (χ2n) is 7.00. The maximum absolute atomic E-state index is 6.21. The summed E-state index contributed by atoms with van der Waals surface area (Å²) in [4.78, 5) is 4.20. The quantitative estimate of drug-likeness (QED) is 0.361. The summed E-state index contributed by atoms with van der Waals surface area (Å²) in [7, 11) is 5.65. The van der Waals surface area contributed by atoms with Gasteiger partial charge >= 0.3 is 0 Å². The number of benzene rings is 2. The Morgan fingerprint density at radius 2 is 1.86 bits per heavy atom. The lowest BCUT2D eigenvalue weighted by Crippen LogP contribution is -2.02. The van der Waals surface area contributed by atoms with Gasteiger partial charge in [0.05, 0.1) is 7.85 Å². The number of hydrogen-bond acceptors (Lipinski definition) is 4. The van der Waals surface area contributed by atoms with E-state index in [-0.39, 0.29) is 0 Å². The molecule has 0 saturated carbocycles. The Morgan fingerprint density at radius 3 is 2.69 bits per heavy atom. The number of nitrogens with zero attached hydrogens (tertiary/aromatic N) is 3. The van der Waals surface area contributed by atoms with E-state index >= 15 is 0 Å². The summed E-state index contributed by atoms with van der Waals surface area (Å²) in [6.45, 7) is 0.524. The lowest BCUT2D eigenvalue weighted by molar-refractivity contribution is 0.306. The second kappa shape index (κ2) is 8.82. The molecular formula is C23H23BN4O. The first kappa shape index (κ1) is 19.1. The van der Waals surface area contributed by atoms with Crippen molar-refractivity contribution in [1.29, 1.82) is 0 Å². The van der Waals surface area contributed by atoms with Crippen molar-refractivity contribution >= 4 is 19.2 Å². The second-order valence-corrected chi connectivity index (χ2v) is 7.00. The Labute approximate surface area is 172 Å². The highest BCUT2D eigenvalue weighted by molar-refractivity contribution is 6.08. The number of anilines is 1. The molecule has 2 aromatic carbocycles. The monoisotopic (exact) mass is 382 g/mol. The third-order valence-electron chi connectivity index (χ3n) is 4.94. The fourth-order valence-corrected chi connectivity index (χ4v) is 3.48. The van der Waals surface area contributed by atoms with Gasteiger partial charge in [-0.3, -0.25) is 0 Å². The van der Waals surface area contributed by atoms with Crippen LogP contribution in [0.1, 0.15) is 24.1 Å². The SMILES string of the molecule is [B]CCCCc1cc(-c2cccc(OCc3ccccc3)c2)c2c(N)ncnn12. The summed E-state index contributed by atoms with van der Waals surface area (Å²) in [5.41, 5.74) is 11.3. The standard InChI is InChI=1S/C23H23BN4O/c24-12-5-4-10-19-14-21(22-23(25)26-16-27-28(19)22)18-9-6-11-20(13-18)29-15-17-7-2-1-3-8-17/h1-3,6-9,11,13-14,16H,4-5,10,12,15H2,(H2,25,26,27). The number of aryl methyl sites for hydroxylation is 1. The Bertz CT molecular complexity index is 1090. The fourth-order valence-electron chi connectivity index (χ4n) is 3.48. The van der Waals surface area contributed by atoms with Crippen molar-refractivity contribution in [3.8, 4) is 16.9 Å². The molecule has 4 rings (SSSR count). The zero-order chi connectivity index (χ0) is 20.1. The largest absolute Gasteiger partial charge is 0.489 e. The van der Waals surface area contributed by atoms with Gasteiger partial charge in [-0.15, -0.1) is 0 Å². The molecule has 0 aliphatic rings. The summed E-state index contributed by atoms with van der Waals surface area (Å²) in [5.74, 6) is 1.28. The van der Waals surface area contributed by atoms with Gasteiger partial charge in [-0.25, -0.2) is 9.50 Å². The maximum Gasteiger partial charge on any atom is 0.151 e. The minimum Gasteiger partial charge on any atom is -0.489 e. The molecule has 29 heavy (non-hydrogen) atoms. The zero-order valence-electron chi connectivity index (χ0n) is 16.3. The summed E-state index contributed by atoms with van der Waals surface area (Å²) in [6, 6.07) is 20.3. The first-order valence-corrected chi connectivity index (χ1v) is 9.84. The van der Waals surface area contributed by atoms with Gasteiger partial charge in [0.15, 0.2) is 5.82 Å². The van der Waals surface area contributed by atoms with Gasteiger partial charge in [0.2, 0.25) is 0 Å². The Balaban J connectivity index is 1.65. The van der Waals surface area contributed by atoms with E-state index < -0.39 is 0 Å². The third kappa shape index (κ3) is 4.26. The Kier molecular flexibility index (Phi) is 5.80. The highest BCUT2D eigenvalue weighted by atomic mass is 16.5. The molecule has 6 heteroatoms. The molecule has 144 valence electrons. The average Bonchev–Trinajstić information content (AvgIpc) is 3.14. The van der Waals surface area contributed by atoms with Crippen LogP contribution < -0.4 is 10.5 Å². The van der Waals surface area contributed by atoms with Crippen LogP contribution in [0.2, 0.25) is 6.32 Å². The zero-order valence-corrected chi connectivity index (χ0v) is 16.3. The van der Waals surface area contributed by atoms with Crippen LogP contribution in [-0.4, -0.2) is 22.4 Å². The van der Waals surface area contributed by atoms with Gasteiger partial charge in [0.1, 0.15) is 24.2 Å². The van der Waals surface area contributed by atoms with Crippen molar-refractivity contribution in [1.82, 2.24) is 14.6 Å². The molecule has 0 aliphatic heterocycles. The van der Waals surface area contributed by atoms with Crippen molar-refractivity contribution in [2.45, 2.75) is 32.2 Å². The minimum atomic E-state index is 0.468. The van der Waals surface area contributed by atoms with Crippen LogP contribution in [0.3, 0.4) is 0 Å². The van der Waals surface area contributed by atoms with Gasteiger partial charge in [-0.1, -0.05) is 55.2 Å². The highest BCUT2D eigenvalue weighted by Crippen LogP contribution is 2.33. The molecule has 0 amide bonds. The first-order chi connectivity index (χ1) is 14.3. The van der Waals surface area contributed by atoms with E-state index in [1.165, 1.54) is 6.33 Å². The smallest absolute Gasteiger partial charge is 0.151 e. The molecule has 2 heterocycles. The van der Waals surface area contributed by atoms with Crippen LogP contribution in [0.4, 0.5) is 5.82 Å². The molecule has 0 spiro atoms. The first-order valence-electron chi connectivity index (χ1n) is 9.84. The molecule has 4 aromatic rings. The van der Waals surface area contributed by atoms with Gasteiger partial charge in [-0.2, -0.15) is 5.10 Å². The van der Waals surface area contributed by atoms with Gasteiger partial charge in [0, 0.05) is 11.3 Å². The van der Waals surface area contributed by atoms with E-state index in [2.05, 4.69) is 34.3 Å². The third-order valence-corrected chi connectivity index (χ3v) is 4.94. The van der Waals surface area contributed by atoms with Crippen molar-refractivity contribution < 1.29 is 4.74 Å². The van der Waals surface area contributed by atoms with Crippen molar-refractivity contribution in [2.75, 3.05) is 5.73 Å². The number of unbranched alkanes of at least 4 members (excludes halogenated alkanes) is 1. The number of ether oxygens (including phenoxy) is 1. The number of fused-ring (bicyclic) bond motifs is 1. The maximum atomic E-state index is 6.21. The topological polar surface area (TPSA) is 65.4 Å². The molecule has 0 unspecified atom stereocenters. The number of nitrogen functional groups attached to an aromatic ring is 1. The van der Waals surface area contributed by atoms with E-state index in [1.807, 2.05) is 40.9 Å². The predicted molar refractivity (Wildman–Crippen MR) is 117 cm³/mol. The van der Waals surface area contributed by atoms with E-state index in [1.54, 1.807) is 0 Å². The molecule has 0 fully saturated rings. The number of nitrogens with two attached hydrogens (primary N) is 1. The van der Waals surface area contributed by atoms with Crippen LogP contribution in [-0.2, 0) is 13.0 Å². The average molecular weight is 382 g/mol. The van der Waals surface area contributed by atoms with Gasteiger partial charge in [0.25, 0.3) is 0 Å². The molecule has 0 bridgehead atoms. The van der Waals surface area contributed by atoms with Crippen LogP contribution in [0.15, 0.2) is 67.0 Å². The normalized spacial score (nSPS) is 11.0. The van der Waals surface area contributed by atoms with Crippen molar-refractivity contribution in [2.24, 2.45) is 0 Å². The molecule has 2 aromatic heterocycles. The molecule has 0 atom stereocenters. The van der Waals surface area contributed by atoms with Gasteiger partial charge in [-0.05, 0) is 42.2 Å². The van der Waals surface area contributed by atoms with Gasteiger partial charge < -0.3 is 10.5 Å². The van der Waals surface area contributed by atoms with E-state index in [0.717, 1.165) is 52.9 Å². The van der Waals surface area contributed by atoms with Crippen molar-refractivity contribution in [3.05, 3.63) is 78.2 Å². The minimum absolute atomic E-state index is 0.468. The van der Waals surface area contributed by atoms with Crippen molar-refractivity contribution in [3.63, 3.8) is 0 Å². The Hall–Kier alpha value is -3.28. The lowest BCUT2D eigenvalue weighted by atomic mass is 9.99. The van der Waals surface area contributed by atoms with E-state index in [9.17, 15) is 0 Å². The van der Waals surface area contributed by atoms with Crippen LogP contribution in [0.25, 0.3) is 16.6 Å². The lowest BCUT2D eigenvalue weighted by Gasteiger charge is -2.08.